The second-order valence-corrected chi connectivity index (χ2v) is 7.12. The first-order valence-electron chi connectivity index (χ1n) is 8.98. The maximum absolute atomic E-state index is 8.87. The fourth-order valence-electron chi connectivity index (χ4n) is 4.04. The van der Waals surface area contributed by atoms with Crippen LogP contribution < -0.4 is 10.8 Å². The Balaban J connectivity index is 1.55. The molecule has 0 bridgehead atoms. The Hall–Kier alpha value is -3.40. The van der Waals surface area contributed by atoms with Crippen LogP contribution in [0.15, 0.2) is 43.4 Å². The van der Waals surface area contributed by atoms with E-state index >= 15 is 0 Å². The molecule has 27 heavy (non-hydrogen) atoms. The van der Waals surface area contributed by atoms with E-state index in [1.54, 1.807) is 18.5 Å². The van der Waals surface area contributed by atoms with Crippen LogP contribution in [-0.4, -0.2) is 25.6 Å². The van der Waals surface area contributed by atoms with Crippen molar-refractivity contribution in [1.29, 1.82) is 10.7 Å². The topological polar surface area (TPSA) is 106 Å². The Kier molecular flexibility index (Phi) is 4.24. The first kappa shape index (κ1) is 17.0. The van der Waals surface area contributed by atoms with Crippen molar-refractivity contribution >= 4 is 22.5 Å². The van der Waals surface area contributed by atoms with E-state index in [2.05, 4.69) is 33.8 Å². The van der Waals surface area contributed by atoms with Crippen LogP contribution in [0.4, 0.5) is 5.69 Å². The highest BCUT2D eigenvalue weighted by Gasteiger charge is 2.34. The van der Waals surface area contributed by atoms with E-state index in [0.29, 0.717) is 23.1 Å². The molecule has 4 rings (SSSR count). The molecule has 3 atom stereocenters. The molecule has 1 fully saturated rings. The van der Waals surface area contributed by atoms with Crippen LogP contribution in [0.5, 0.6) is 0 Å². The largest absolute Gasteiger partial charge is 0.381 e. The molecule has 3 aromatic rings. The van der Waals surface area contributed by atoms with Crippen LogP contribution in [0, 0.1) is 28.6 Å². The lowest BCUT2D eigenvalue weighted by atomic mass is 9.95. The standard InChI is InChI=1S/C20H21N7/c1-12-7-16(26-15-4-3-14(9-21)24-10-15)8-17(12)13(2)27-18-5-6-23-20(18)25-11-19(27)22/h3-6,10-12,16-17,22-23,26H,2,7-8H2,1H3/t12-,16+,17+/m1/s1. The molecule has 1 saturated carbocycles. The summed E-state index contributed by atoms with van der Waals surface area (Å²) >= 11 is 0. The number of nitrogens with one attached hydrogen (secondary N) is 3. The van der Waals surface area contributed by atoms with E-state index in [1.165, 1.54) is 0 Å². The molecular weight excluding hydrogens is 338 g/mol. The first-order valence-corrected chi connectivity index (χ1v) is 8.98. The van der Waals surface area contributed by atoms with Crippen molar-refractivity contribution in [2.75, 3.05) is 5.32 Å². The fraction of sp³-hybridized carbons (Fsp3) is 0.300. The smallest absolute Gasteiger partial charge is 0.154 e. The van der Waals surface area contributed by atoms with E-state index in [1.807, 2.05) is 29.0 Å². The van der Waals surface area contributed by atoms with E-state index in [9.17, 15) is 0 Å². The molecule has 3 aromatic heterocycles. The van der Waals surface area contributed by atoms with Gasteiger partial charge >= 0.3 is 0 Å². The van der Waals surface area contributed by atoms with E-state index in [4.69, 9.17) is 10.7 Å². The van der Waals surface area contributed by atoms with Gasteiger partial charge in [-0.25, -0.2) is 9.97 Å². The molecule has 3 N–H and O–H groups in total. The molecule has 1 aliphatic carbocycles. The van der Waals surface area contributed by atoms with Crippen molar-refractivity contribution in [2.45, 2.75) is 25.8 Å². The van der Waals surface area contributed by atoms with Gasteiger partial charge in [-0.15, -0.1) is 0 Å². The average molecular weight is 359 g/mol. The van der Waals surface area contributed by atoms with Crippen LogP contribution in [0.3, 0.4) is 0 Å². The van der Waals surface area contributed by atoms with Gasteiger partial charge in [-0.1, -0.05) is 13.5 Å². The second-order valence-electron chi connectivity index (χ2n) is 7.12. The van der Waals surface area contributed by atoms with E-state index in [-0.39, 0.29) is 5.92 Å². The second kappa shape index (κ2) is 6.72. The summed E-state index contributed by atoms with van der Waals surface area (Å²) in [4.78, 5) is 11.5. The van der Waals surface area contributed by atoms with Crippen molar-refractivity contribution in [3.8, 4) is 6.07 Å². The van der Waals surface area contributed by atoms with Gasteiger partial charge in [0, 0.05) is 23.9 Å². The number of nitriles is 1. The highest BCUT2D eigenvalue weighted by Crippen LogP contribution is 2.39. The van der Waals surface area contributed by atoms with Gasteiger partial charge in [-0.3, -0.25) is 9.98 Å². The number of anilines is 1. The number of rotatable bonds is 4. The Morgan fingerprint density at radius 2 is 2.19 bits per heavy atom. The Labute approximate surface area is 156 Å². The number of allylic oxidation sites excluding steroid dienone is 1. The summed E-state index contributed by atoms with van der Waals surface area (Å²) in [6, 6.07) is 7.88. The van der Waals surface area contributed by atoms with Gasteiger partial charge in [-0.05, 0) is 37.0 Å². The first-order chi connectivity index (χ1) is 13.1. The minimum atomic E-state index is 0.267. The molecule has 0 spiro atoms. The van der Waals surface area contributed by atoms with Crippen LogP contribution >= 0.6 is 0 Å². The maximum atomic E-state index is 8.87. The van der Waals surface area contributed by atoms with Crippen LogP contribution in [0.1, 0.15) is 25.5 Å². The minimum absolute atomic E-state index is 0.267. The maximum Gasteiger partial charge on any atom is 0.154 e. The lowest BCUT2D eigenvalue weighted by Crippen LogP contribution is -2.24. The van der Waals surface area contributed by atoms with Gasteiger partial charge in [0.25, 0.3) is 0 Å². The number of fused-ring (bicyclic) bond motifs is 1. The van der Waals surface area contributed by atoms with Gasteiger partial charge in [0.2, 0.25) is 0 Å². The van der Waals surface area contributed by atoms with E-state index in [0.717, 1.165) is 35.4 Å². The molecule has 0 radical (unpaired) electrons. The Bertz CT molecular complexity index is 1080. The number of hydrogen-bond donors (Lipinski definition) is 3. The Morgan fingerprint density at radius 3 is 2.93 bits per heavy atom. The molecule has 7 nitrogen and oxygen atoms in total. The lowest BCUT2D eigenvalue weighted by molar-refractivity contribution is 0.501. The van der Waals surface area contributed by atoms with Crippen molar-refractivity contribution in [1.82, 2.24) is 19.5 Å². The van der Waals surface area contributed by atoms with Crippen molar-refractivity contribution < 1.29 is 0 Å². The summed E-state index contributed by atoms with van der Waals surface area (Å²) in [5, 5.41) is 20.7. The van der Waals surface area contributed by atoms with Gasteiger partial charge in [0.05, 0.1) is 23.6 Å². The third kappa shape index (κ3) is 3.10. The molecule has 0 saturated heterocycles. The molecule has 0 aliphatic heterocycles. The van der Waals surface area contributed by atoms with Gasteiger partial charge in [-0.2, -0.15) is 5.26 Å². The van der Waals surface area contributed by atoms with Crippen molar-refractivity contribution in [3.63, 3.8) is 0 Å². The summed E-state index contributed by atoms with van der Waals surface area (Å²) in [6.45, 7) is 6.57. The predicted molar refractivity (Wildman–Crippen MR) is 104 cm³/mol. The number of H-pyrrole nitrogens is 1. The van der Waals surface area contributed by atoms with Crippen LogP contribution in [0.2, 0.25) is 0 Å². The molecule has 1 aliphatic rings. The quantitative estimate of drug-likeness (QED) is 0.665. The van der Waals surface area contributed by atoms with Gasteiger partial charge in [0.1, 0.15) is 17.3 Å². The number of hydrogen-bond acceptors (Lipinski definition) is 5. The monoisotopic (exact) mass is 359 g/mol. The molecule has 3 heterocycles. The van der Waals surface area contributed by atoms with Gasteiger partial charge < -0.3 is 10.3 Å². The predicted octanol–water partition coefficient (Wildman–Crippen LogP) is 3.11. The molecule has 136 valence electrons. The zero-order chi connectivity index (χ0) is 19.0. The summed E-state index contributed by atoms with van der Waals surface area (Å²) in [7, 11) is 0. The van der Waals surface area contributed by atoms with Crippen molar-refractivity contribution in [2.24, 2.45) is 11.8 Å². The lowest BCUT2D eigenvalue weighted by Gasteiger charge is -2.21. The average Bonchev–Trinajstić information content (AvgIpc) is 3.28. The zero-order valence-electron chi connectivity index (χ0n) is 15.1. The fourth-order valence-corrected chi connectivity index (χ4v) is 4.04. The number of pyridine rings is 1. The molecule has 0 amide bonds. The summed E-state index contributed by atoms with van der Waals surface area (Å²) in [5.74, 6) is 0.707. The Morgan fingerprint density at radius 1 is 1.33 bits per heavy atom. The van der Waals surface area contributed by atoms with Crippen LogP contribution in [0.25, 0.3) is 16.9 Å². The molecular formula is C20H21N7. The van der Waals surface area contributed by atoms with E-state index < -0.39 is 0 Å². The highest BCUT2D eigenvalue weighted by atomic mass is 15.1. The number of nitrogens with zero attached hydrogens (tertiary/aromatic N) is 4. The third-order valence-electron chi connectivity index (χ3n) is 5.35. The molecule has 7 heteroatoms. The summed E-state index contributed by atoms with van der Waals surface area (Å²) < 4.78 is 1.89. The SMILES string of the molecule is C=C([C@H]1C[C@@H](Nc2ccc(C#N)nc2)C[C@H]1C)n1c(=N)cnc2[nH]ccc21. The zero-order valence-corrected chi connectivity index (χ0v) is 15.1. The normalized spacial score (nSPS) is 21.9. The number of aromatic amines is 1. The highest BCUT2D eigenvalue weighted by molar-refractivity contribution is 5.75. The summed E-state index contributed by atoms with van der Waals surface area (Å²) in [5.41, 5.74) is 4.25. The minimum Gasteiger partial charge on any atom is -0.381 e. The number of aromatic nitrogens is 4. The third-order valence-corrected chi connectivity index (χ3v) is 5.35. The molecule has 0 aromatic carbocycles. The summed E-state index contributed by atoms with van der Waals surface area (Å²) in [6.07, 6.45) is 7.04. The van der Waals surface area contributed by atoms with Gasteiger partial charge in [0.15, 0.2) is 5.65 Å². The van der Waals surface area contributed by atoms with Crippen LogP contribution in [-0.2, 0) is 0 Å². The molecule has 0 unspecified atom stereocenters. The van der Waals surface area contributed by atoms with Crippen molar-refractivity contribution in [3.05, 3.63) is 54.6 Å².